The van der Waals surface area contributed by atoms with Gasteiger partial charge >= 0.3 is 12.1 Å². The zero-order valence-electron chi connectivity index (χ0n) is 19.4. The number of alkyl halides is 3. The van der Waals surface area contributed by atoms with Gasteiger partial charge in [0.1, 0.15) is 5.78 Å². The fourth-order valence-electron chi connectivity index (χ4n) is 7.69. The maximum absolute atomic E-state index is 12.6. The molecule has 0 saturated heterocycles. The van der Waals surface area contributed by atoms with Crippen molar-refractivity contribution in [2.24, 2.45) is 39.7 Å². The van der Waals surface area contributed by atoms with Crippen LogP contribution in [0.5, 0.6) is 0 Å². The smallest absolute Gasteiger partial charge is 0.411 e. The predicted octanol–water partition coefficient (Wildman–Crippen LogP) is 5.21. The number of hydrogen-bond acceptors (Lipinski definition) is 5. The summed E-state index contributed by atoms with van der Waals surface area (Å²) in [4.78, 5) is 23.5. The number of amides is 1. The van der Waals surface area contributed by atoms with Crippen LogP contribution >= 0.6 is 11.8 Å². The van der Waals surface area contributed by atoms with Crippen LogP contribution < -0.4 is 5.32 Å². The highest BCUT2D eigenvalue weighted by molar-refractivity contribution is 7.99. The average Bonchev–Trinajstić information content (AvgIpc) is 3.07. The van der Waals surface area contributed by atoms with Crippen molar-refractivity contribution in [1.82, 2.24) is 5.32 Å². The summed E-state index contributed by atoms with van der Waals surface area (Å²) in [6, 6.07) is 0. The van der Waals surface area contributed by atoms with E-state index in [0.29, 0.717) is 47.4 Å². The van der Waals surface area contributed by atoms with Crippen molar-refractivity contribution in [3.05, 3.63) is 0 Å². The van der Waals surface area contributed by atoms with E-state index in [4.69, 9.17) is 0 Å². The largest absolute Gasteiger partial charge is 0.471 e. The van der Waals surface area contributed by atoms with Crippen LogP contribution in [0.1, 0.15) is 71.6 Å². The molecule has 5 nitrogen and oxygen atoms in total. The molecule has 0 radical (unpaired) electrons. The first kappa shape index (κ1) is 24.9. The van der Waals surface area contributed by atoms with Crippen LogP contribution in [0.2, 0.25) is 0 Å². The van der Waals surface area contributed by atoms with Gasteiger partial charge in [-0.2, -0.15) is 24.9 Å². The quantitative estimate of drug-likeness (QED) is 0.316. The lowest BCUT2D eigenvalue weighted by Gasteiger charge is -2.60. The number of fused-ring (bicyclic) bond motifs is 5. The molecule has 0 aliphatic heterocycles. The monoisotopic (exact) mass is 488 g/mol. The van der Waals surface area contributed by atoms with Crippen molar-refractivity contribution in [2.45, 2.75) is 83.1 Å². The second kappa shape index (κ2) is 9.08. The van der Waals surface area contributed by atoms with E-state index in [1.807, 2.05) is 5.32 Å². The molecular weight excluding hydrogens is 453 g/mol. The molecule has 4 rings (SSSR count). The van der Waals surface area contributed by atoms with Crippen molar-refractivity contribution < 1.29 is 28.0 Å². The Hall–Kier alpha value is -1.25. The summed E-state index contributed by atoms with van der Waals surface area (Å²) in [5.41, 5.74) is 0.736. The van der Waals surface area contributed by atoms with Crippen molar-refractivity contribution in [3.8, 4) is 0 Å². The van der Waals surface area contributed by atoms with E-state index in [1.165, 1.54) is 0 Å². The number of ketones is 1. The number of oxime groups is 1. The van der Waals surface area contributed by atoms with Crippen molar-refractivity contribution in [3.63, 3.8) is 0 Å². The summed E-state index contributed by atoms with van der Waals surface area (Å²) in [6.07, 6.45) is 3.09. The third kappa shape index (κ3) is 4.43. The molecule has 0 spiro atoms. The summed E-state index contributed by atoms with van der Waals surface area (Å²) < 4.78 is 36.8. The van der Waals surface area contributed by atoms with Crippen molar-refractivity contribution in [2.75, 3.05) is 12.3 Å². The van der Waals surface area contributed by atoms with E-state index in [9.17, 15) is 28.0 Å². The number of nitrogens with zero attached hydrogens (tertiary/aromatic N) is 1. The number of rotatable bonds is 5. The Morgan fingerprint density at radius 1 is 1.21 bits per heavy atom. The summed E-state index contributed by atoms with van der Waals surface area (Å²) in [7, 11) is 0. The van der Waals surface area contributed by atoms with Crippen LogP contribution in [0.15, 0.2) is 5.16 Å². The van der Waals surface area contributed by atoms with E-state index < -0.39 is 12.1 Å². The fourth-order valence-corrected chi connectivity index (χ4v) is 8.95. The highest BCUT2D eigenvalue weighted by atomic mass is 32.2. The Morgan fingerprint density at radius 2 is 1.97 bits per heavy atom. The number of hydrogen-bond donors (Lipinski definition) is 2. The van der Waals surface area contributed by atoms with Gasteiger partial charge in [-0.05, 0) is 80.3 Å². The van der Waals surface area contributed by atoms with Gasteiger partial charge in [0.2, 0.25) is 0 Å². The number of halogens is 3. The third-order valence-electron chi connectivity index (χ3n) is 9.49. The molecule has 4 saturated carbocycles. The highest BCUT2D eigenvalue weighted by Crippen LogP contribution is 2.65. The average molecular weight is 489 g/mol. The molecule has 4 aliphatic rings. The third-order valence-corrected chi connectivity index (χ3v) is 10.9. The molecule has 0 heterocycles. The molecular formula is C24H35F3N2O3S. The Morgan fingerprint density at radius 3 is 2.67 bits per heavy atom. The second-order valence-electron chi connectivity index (χ2n) is 11.0. The molecule has 1 amide bonds. The van der Waals surface area contributed by atoms with Crippen LogP contribution in [-0.4, -0.2) is 46.3 Å². The summed E-state index contributed by atoms with van der Waals surface area (Å²) in [5, 5.41) is 16.0. The topological polar surface area (TPSA) is 78.8 Å². The molecule has 0 aromatic carbocycles. The minimum absolute atomic E-state index is 0.0190. The van der Waals surface area contributed by atoms with Crippen molar-refractivity contribution >= 4 is 29.2 Å². The highest BCUT2D eigenvalue weighted by Gasteiger charge is 2.61. The van der Waals surface area contributed by atoms with Crippen LogP contribution in [0.4, 0.5) is 13.2 Å². The number of nitrogens with one attached hydrogen (secondary N) is 1. The summed E-state index contributed by atoms with van der Waals surface area (Å²) in [6.45, 7) is 4.52. The zero-order chi connectivity index (χ0) is 24.0. The first-order chi connectivity index (χ1) is 15.5. The minimum atomic E-state index is -4.83. The molecule has 2 N–H and O–H groups in total. The standard InChI is InChI=1S/C24H35F3N2O3S/c1-22-8-6-14(33-11-3-10-28-21(31)24(25,26)27)12-18(22)19(29-32)13-15-16-4-5-20(30)23(16,2)9-7-17(15)22/h14-18,32H,3-13H2,1-2H3,(H,28,31)/b29-19-/t14?,15-,16-,17+,18?,22+,23-/m0/s1. The maximum atomic E-state index is 12.6. The fraction of sp³-hybridized carbons (Fsp3) is 0.875. The molecule has 7 atom stereocenters. The van der Waals surface area contributed by atoms with Crippen molar-refractivity contribution in [1.29, 1.82) is 0 Å². The number of Topliss-reactive ketones (excluding diaryl/α,β-unsaturated/α-hetero) is 1. The lowest BCUT2D eigenvalue weighted by atomic mass is 9.45. The molecule has 33 heavy (non-hydrogen) atoms. The summed E-state index contributed by atoms with van der Waals surface area (Å²) in [5.74, 6) is 0.760. The van der Waals surface area contributed by atoms with Gasteiger partial charge in [0.25, 0.3) is 0 Å². The molecule has 0 bridgehead atoms. The van der Waals surface area contributed by atoms with E-state index in [1.54, 1.807) is 11.8 Å². The van der Waals surface area contributed by atoms with Crippen LogP contribution in [0.25, 0.3) is 0 Å². The predicted molar refractivity (Wildman–Crippen MR) is 121 cm³/mol. The Balaban J connectivity index is 1.36. The molecule has 0 aromatic heterocycles. The maximum Gasteiger partial charge on any atom is 0.471 e. The Kier molecular flexibility index (Phi) is 6.84. The second-order valence-corrected chi connectivity index (χ2v) is 12.4. The molecule has 4 aliphatic carbocycles. The normalized spacial score (nSPS) is 41.9. The minimum Gasteiger partial charge on any atom is -0.411 e. The van der Waals surface area contributed by atoms with Gasteiger partial charge in [-0.25, -0.2) is 0 Å². The first-order valence-corrected chi connectivity index (χ1v) is 13.3. The SMILES string of the molecule is C[C@]12CCC(SCCCNC(=O)C(F)(F)F)CC1/C(=N\O)C[C@@H]1[C@H]2CC[C@]2(C)C(=O)CC[C@@H]12. The lowest BCUT2D eigenvalue weighted by Crippen LogP contribution is -2.56. The van der Waals surface area contributed by atoms with E-state index in [0.717, 1.165) is 50.7 Å². The number of thioether (sulfide) groups is 1. The molecule has 9 heteroatoms. The van der Waals surface area contributed by atoms with Crippen LogP contribution in [0, 0.1) is 34.5 Å². The van der Waals surface area contributed by atoms with Gasteiger partial charge in [-0.1, -0.05) is 19.0 Å². The van der Waals surface area contributed by atoms with Gasteiger partial charge < -0.3 is 10.5 Å². The zero-order valence-corrected chi connectivity index (χ0v) is 20.2. The molecule has 186 valence electrons. The first-order valence-electron chi connectivity index (χ1n) is 12.2. The molecule has 0 aromatic rings. The Labute approximate surface area is 197 Å². The van der Waals surface area contributed by atoms with Crippen LogP contribution in [0.3, 0.4) is 0 Å². The van der Waals surface area contributed by atoms with E-state index in [2.05, 4.69) is 19.0 Å². The lowest BCUT2D eigenvalue weighted by molar-refractivity contribution is -0.173. The van der Waals surface area contributed by atoms with E-state index in [-0.39, 0.29) is 23.3 Å². The molecule has 4 fully saturated rings. The van der Waals surface area contributed by atoms with Gasteiger partial charge in [-0.15, -0.1) is 0 Å². The van der Waals surface area contributed by atoms with E-state index >= 15 is 0 Å². The van der Waals surface area contributed by atoms with Crippen LogP contribution in [-0.2, 0) is 9.59 Å². The Bertz CT molecular complexity index is 819. The van der Waals surface area contributed by atoms with Gasteiger partial charge in [0.05, 0.1) is 5.71 Å². The summed E-state index contributed by atoms with van der Waals surface area (Å²) >= 11 is 1.75. The van der Waals surface area contributed by atoms with Gasteiger partial charge in [-0.3, -0.25) is 9.59 Å². The number of carbonyl (C=O) groups excluding carboxylic acids is 2. The van der Waals surface area contributed by atoms with Gasteiger partial charge in [0.15, 0.2) is 0 Å². The number of carbonyl (C=O) groups is 2. The molecule has 2 unspecified atom stereocenters. The van der Waals surface area contributed by atoms with Gasteiger partial charge in [0, 0.05) is 29.5 Å².